The van der Waals surface area contributed by atoms with Crippen molar-refractivity contribution in [2.24, 2.45) is 0 Å². The molecule has 0 radical (unpaired) electrons. The molecule has 0 aromatic heterocycles. The zero-order valence-corrected chi connectivity index (χ0v) is 15.0. The van der Waals surface area contributed by atoms with Gasteiger partial charge in [0.2, 0.25) is 0 Å². The molecule has 0 aliphatic carbocycles. The van der Waals surface area contributed by atoms with Crippen LogP contribution in [0.3, 0.4) is 0 Å². The molecule has 8 heteroatoms. The van der Waals surface area contributed by atoms with Crippen LogP contribution in [0.5, 0.6) is 0 Å². The Bertz CT molecular complexity index is 931. The van der Waals surface area contributed by atoms with Crippen LogP contribution in [0, 0.1) is 11.6 Å². The van der Waals surface area contributed by atoms with Crippen molar-refractivity contribution in [1.29, 1.82) is 0 Å². The second-order valence-corrected chi connectivity index (χ2v) is 6.23. The van der Waals surface area contributed by atoms with Gasteiger partial charge in [0.05, 0.1) is 12.7 Å². The van der Waals surface area contributed by atoms with Gasteiger partial charge in [-0.2, -0.15) is 0 Å². The van der Waals surface area contributed by atoms with E-state index < -0.39 is 47.7 Å². The van der Waals surface area contributed by atoms with Crippen molar-refractivity contribution < 1.29 is 32.6 Å². The average Bonchev–Trinajstić information content (AvgIpc) is 2.70. The molecule has 146 valence electrons. The highest BCUT2D eigenvalue weighted by atomic mass is 19.1. The first kappa shape index (κ1) is 19.5. The smallest absolute Gasteiger partial charge is 0.341 e. The minimum atomic E-state index is -1.10. The zero-order chi connectivity index (χ0) is 20.3. The molecule has 0 N–H and O–H groups in total. The summed E-state index contributed by atoms with van der Waals surface area (Å²) in [6.45, 7) is -0.539. The monoisotopic (exact) mass is 389 g/mol. The highest BCUT2D eigenvalue weighted by Gasteiger charge is 2.35. The van der Waals surface area contributed by atoms with Gasteiger partial charge < -0.3 is 14.4 Å². The van der Waals surface area contributed by atoms with Crippen LogP contribution < -0.4 is 0 Å². The summed E-state index contributed by atoms with van der Waals surface area (Å²) in [5, 5.41) is 0. The quantitative estimate of drug-likeness (QED) is 0.750. The van der Waals surface area contributed by atoms with Crippen LogP contribution in [-0.2, 0) is 32.0 Å². The van der Waals surface area contributed by atoms with Gasteiger partial charge in [-0.1, -0.05) is 24.3 Å². The minimum absolute atomic E-state index is 0.150. The predicted octanol–water partition coefficient (Wildman–Crippen LogP) is 2.25. The maximum atomic E-state index is 13.7. The van der Waals surface area contributed by atoms with Crippen molar-refractivity contribution in [1.82, 2.24) is 4.90 Å². The van der Waals surface area contributed by atoms with Gasteiger partial charge in [0.15, 0.2) is 6.61 Å². The van der Waals surface area contributed by atoms with Gasteiger partial charge in [-0.25, -0.2) is 18.4 Å². The summed E-state index contributed by atoms with van der Waals surface area (Å²) in [6, 6.07) is 8.90. The van der Waals surface area contributed by atoms with Crippen LogP contribution in [0.25, 0.3) is 0 Å². The van der Waals surface area contributed by atoms with Gasteiger partial charge in [0.1, 0.15) is 17.7 Å². The number of esters is 2. The van der Waals surface area contributed by atoms with Crippen molar-refractivity contribution in [3.8, 4) is 0 Å². The van der Waals surface area contributed by atoms with Crippen LogP contribution in [-0.4, -0.2) is 42.5 Å². The van der Waals surface area contributed by atoms with E-state index in [4.69, 9.17) is 9.47 Å². The largest absolute Gasteiger partial charge is 0.467 e. The van der Waals surface area contributed by atoms with Gasteiger partial charge in [-0.3, -0.25) is 4.79 Å². The van der Waals surface area contributed by atoms with E-state index in [0.29, 0.717) is 6.07 Å². The molecule has 0 fully saturated rings. The molecule has 1 atom stereocenters. The Kier molecular flexibility index (Phi) is 5.67. The first-order chi connectivity index (χ1) is 13.4. The number of amides is 1. The highest BCUT2D eigenvalue weighted by molar-refractivity contribution is 5.92. The molecule has 0 saturated carbocycles. The second-order valence-electron chi connectivity index (χ2n) is 6.23. The molecule has 1 aliphatic heterocycles. The molecule has 3 rings (SSSR count). The maximum Gasteiger partial charge on any atom is 0.341 e. The fourth-order valence-electron chi connectivity index (χ4n) is 3.07. The summed E-state index contributed by atoms with van der Waals surface area (Å²) in [5.74, 6) is -4.23. The van der Waals surface area contributed by atoms with Crippen LogP contribution in [0.2, 0.25) is 0 Å². The minimum Gasteiger partial charge on any atom is -0.467 e. The maximum absolute atomic E-state index is 13.7. The van der Waals surface area contributed by atoms with Crippen molar-refractivity contribution >= 4 is 17.8 Å². The molecule has 28 heavy (non-hydrogen) atoms. The van der Waals surface area contributed by atoms with E-state index in [0.717, 1.165) is 23.3 Å². The summed E-state index contributed by atoms with van der Waals surface area (Å²) >= 11 is 0. The van der Waals surface area contributed by atoms with E-state index in [1.807, 2.05) is 24.3 Å². The molecule has 0 spiro atoms. The van der Waals surface area contributed by atoms with Crippen molar-refractivity contribution in [3.63, 3.8) is 0 Å². The lowest BCUT2D eigenvalue weighted by atomic mass is 9.94. The Labute approximate surface area is 159 Å². The SMILES string of the molecule is COC(=O)[C@H]1Cc2ccccc2CN1C(=O)COC(=O)c1ccc(F)cc1F. The lowest BCUT2D eigenvalue weighted by Crippen LogP contribution is -2.50. The average molecular weight is 389 g/mol. The zero-order valence-electron chi connectivity index (χ0n) is 15.0. The molecule has 0 unspecified atom stereocenters. The number of hydrogen-bond acceptors (Lipinski definition) is 5. The Hall–Kier alpha value is -3.29. The Morgan fingerprint density at radius 2 is 1.82 bits per heavy atom. The van der Waals surface area contributed by atoms with Gasteiger partial charge in [0, 0.05) is 19.0 Å². The number of benzene rings is 2. The number of halogens is 2. The van der Waals surface area contributed by atoms with E-state index in [1.54, 1.807) is 0 Å². The number of fused-ring (bicyclic) bond motifs is 1. The van der Waals surface area contributed by atoms with Crippen LogP contribution >= 0.6 is 0 Å². The molecule has 0 bridgehead atoms. The van der Waals surface area contributed by atoms with Crippen molar-refractivity contribution in [2.45, 2.75) is 19.0 Å². The van der Waals surface area contributed by atoms with E-state index in [9.17, 15) is 23.2 Å². The molecule has 1 aliphatic rings. The number of methoxy groups -OCH3 is 1. The van der Waals surface area contributed by atoms with E-state index in [-0.39, 0.29) is 13.0 Å². The normalized spacial score (nSPS) is 15.5. The summed E-state index contributed by atoms with van der Waals surface area (Å²) < 4.78 is 36.3. The molecular weight excluding hydrogens is 372 g/mol. The van der Waals surface area contributed by atoms with Crippen LogP contribution in [0.15, 0.2) is 42.5 Å². The number of nitrogens with zero attached hydrogens (tertiary/aromatic N) is 1. The number of carbonyl (C=O) groups is 3. The number of hydrogen-bond donors (Lipinski definition) is 0. The summed E-state index contributed by atoms with van der Waals surface area (Å²) in [6.07, 6.45) is 0.273. The number of ether oxygens (including phenoxy) is 2. The Morgan fingerprint density at radius 3 is 2.50 bits per heavy atom. The standard InChI is InChI=1S/C20H17F2NO5/c1-27-20(26)17-8-12-4-2-3-5-13(12)10-23(17)18(24)11-28-19(25)15-7-6-14(21)9-16(15)22/h2-7,9,17H,8,10-11H2,1H3/t17-/m1/s1. The topological polar surface area (TPSA) is 72.9 Å². The summed E-state index contributed by atoms with van der Waals surface area (Å²) in [5.41, 5.74) is 1.31. The van der Waals surface area contributed by atoms with Gasteiger partial charge in [-0.15, -0.1) is 0 Å². The number of carbonyl (C=O) groups excluding carboxylic acids is 3. The first-order valence-corrected chi connectivity index (χ1v) is 8.47. The number of rotatable bonds is 4. The van der Waals surface area contributed by atoms with Crippen molar-refractivity contribution in [2.75, 3.05) is 13.7 Å². The van der Waals surface area contributed by atoms with E-state index in [2.05, 4.69) is 0 Å². The molecule has 2 aromatic rings. The Morgan fingerprint density at radius 1 is 1.11 bits per heavy atom. The molecule has 2 aromatic carbocycles. The van der Waals surface area contributed by atoms with Crippen LogP contribution in [0.1, 0.15) is 21.5 Å². The first-order valence-electron chi connectivity index (χ1n) is 8.47. The van der Waals surface area contributed by atoms with E-state index >= 15 is 0 Å². The third kappa shape index (κ3) is 4.00. The third-order valence-corrected chi connectivity index (χ3v) is 4.52. The molecule has 1 heterocycles. The van der Waals surface area contributed by atoms with Gasteiger partial charge >= 0.3 is 11.9 Å². The molecular formula is C20H17F2NO5. The summed E-state index contributed by atoms with van der Waals surface area (Å²) in [7, 11) is 1.23. The lowest BCUT2D eigenvalue weighted by Gasteiger charge is -2.35. The second kappa shape index (κ2) is 8.16. The van der Waals surface area contributed by atoms with Crippen LogP contribution in [0.4, 0.5) is 8.78 Å². The van der Waals surface area contributed by atoms with Gasteiger partial charge in [0.25, 0.3) is 5.91 Å². The fraction of sp³-hybridized carbons (Fsp3) is 0.250. The van der Waals surface area contributed by atoms with E-state index in [1.165, 1.54) is 12.0 Å². The molecule has 1 amide bonds. The third-order valence-electron chi connectivity index (χ3n) is 4.52. The van der Waals surface area contributed by atoms with Gasteiger partial charge in [-0.05, 0) is 23.3 Å². The fourth-order valence-corrected chi connectivity index (χ4v) is 3.07. The van der Waals surface area contributed by atoms with Crippen molar-refractivity contribution in [3.05, 3.63) is 70.8 Å². The lowest BCUT2D eigenvalue weighted by molar-refractivity contribution is -0.155. The molecule has 0 saturated heterocycles. The summed E-state index contributed by atoms with van der Waals surface area (Å²) in [4.78, 5) is 38.0. The predicted molar refractivity (Wildman–Crippen MR) is 93.1 cm³/mol. The highest BCUT2D eigenvalue weighted by Crippen LogP contribution is 2.24. The Balaban J connectivity index is 1.72. The molecule has 6 nitrogen and oxygen atoms in total.